The number of piperidine rings is 1. The van der Waals surface area contributed by atoms with Crippen molar-refractivity contribution in [3.05, 3.63) is 72.2 Å². The summed E-state index contributed by atoms with van der Waals surface area (Å²) >= 11 is 0. The Hall–Kier alpha value is -4.97. The van der Waals surface area contributed by atoms with Crippen LogP contribution in [-0.2, 0) is 14.3 Å². The van der Waals surface area contributed by atoms with Gasteiger partial charge in [-0.05, 0) is 80.1 Å². The highest BCUT2D eigenvalue weighted by atomic mass is 16.5. The summed E-state index contributed by atoms with van der Waals surface area (Å²) in [4.78, 5) is 42.1. The number of nitrogens with one attached hydrogen (secondary N) is 2. The molecular formula is C33H40N6O6. The van der Waals surface area contributed by atoms with Gasteiger partial charge in [-0.25, -0.2) is 14.8 Å². The Morgan fingerprint density at radius 1 is 1.11 bits per heavy atom. The van der Waals surface area contributed by atoms with Gasteiger partial charge in [0.15, 0.2) is 18.0 Å². The van der Waals surface area contributed by atoms with Gasteiger partial charge in [0.05, 0.1) is 46.2 Å². The third-order valence-corrected chi connectivity index (χ3v) is 8.28. The number of fused-ring (bicyclic) bond motifs is 1. The van der Waals surface area contributed by atoms with Gasteiger partial charge in [0.1, 0.15) is 5.75 Å². The number of likely N-dealkylation sites (N-methyl/N-ethyl adjacent to an activating group) is 1. The maximum absolute atomic E-state index is 13.0. The number of aryl methyl sites for hydroxylation is 1. The van der Waals surface area contributed by atoms with Crippen LogP contribution in [-0.4, -0.2) is 84.6 Å². The lowest BCUT2D eigenvalue weighted by Crippen LogP contribution is -2.52. The molecular weight excluding hydrogens is 576 g/mol. The van der Waals surface area contributed by atoms with Crippen LogP contribution in [0.25, 0.3) is 16.9 Å². The SMILES string of the molecule is COC(=O)C[N+]1(C)CCC(CCNC(=O)c2ccc(Nc3nccn4c(-c5ccc(OC)cc5)cnc34)cc2C)CC1.O=C[O-]. The van der Waals surface area contributed by atoms with Gasteiger partial charge in [0.2, 0.25) is 0 Å². The van der Waals surface area contributed by atoms with Gasteiger partial charge < -0.3 is 34.5 Å². The van der Waals surface area contributed by atoms with Gasteiger partial charge in [-0.2, -0.15) is 0 Å². The number of nitrogens with zero attached hydrogens (tertiary/aromatic N) is 4. The first-order chi connectivity index (χ1) is 21.7. The summed E-state index contributed by atoms with van der Waals surface area (Å²) in [5.41, 5.74) is 5.03. The van der Waals surface area contributed by atoms with E-state index in [-0.39, 0.29) is 11.9 Å². The second-order valence-corrected chi connectivity index (χ2v) is 11.4. The molecule has 1 saturated heterocycles. The van der Waals surface area contributed by atoms with E-state index in [1.165, 1.54) is 7.11 Å². The van der Waals surface area contributed by atoms with Gasteiger partial charge in [-0.3, -0.25) is 9.20 Å². The van der Waals surface area contributed by atoms with Crippen molar-refractivity contribution in [3.8, 4) is 17.0 Å². The first kappa shape index (κ1) is 32.9. The van der Waals surface area contributed by atoms with Crippen molar-refractivity contribution in [3.63, 3.8) is 0 Å². The Labute approximate surface area is 262 Å². The number of amides is 1. The number of ether oxygens (including phenoxy) is 2. The number of rotatable bonds is 10. The smallest absolute Gasteiger partial charge is 0.361 e. The van der Waals surface area contributed by atoms with Crippen molar-refractivity contribution >= 4 is 35.5 Å². The minimum atomic E-state index is -0.500. The van der Waals surface area contributed by atoms with Crippen LogP contribution in [0.2, 0.25) is 0 Å². The summed E-state index contributed by atoms with van der Waals surface area (Å²) < 4.78 is 12.8. The standard InChI is InChI=1S/C32H38N6O4.CH2O2/c1-22-19-25(36-30-31-35-20-28(37(31)16-15-33-30)24-5-8-26(41-3)9-6-24)7-10-27(22)32(40)34-14-11-23-12-17-38(2,18-13-23)21-29(39)42-4;2-1-3/h5-10,15-16,19-20,23H,11-14,17-18,21H2,1-4H3,(H-,33,34,36,40);1H,(H,2,3). The van der Waals surface area contributed by atoms with Crippen molar-refractivity contribution < 1.29 is 33.4 Å². The zero-order valence-electron chi connectivity index (χ0n) is 26.1. The summed E-state index contributed by atoms with van der Waals surface area (Å²) in [6, 6.07) is 13.5. The summed E-state index contributed by atoms with van der Waals surface area (Å²) in [5.74, 6) is 1.74. The number of methoxy groups -OCH3 is 2. The number of hydrogen-bond donors (Lipinski definition) is 2. The molecule has 1 aliphatic rings. The summed E-state index contributed by atoms with van der Waals surface area (Å²) in [6.45, 7) is 4.39. The molecule has 0 saturated carbocycles. The molecule has 5 rings (SSSR count). The summed E-state index contributed by atoms with van der Waals surface area (Å²) in [5, 5.41) is 14.7. The molecule has 238 valence electrons. The van der Waals surface area contributed by atoms with Crippen molar-refractivity contribution in [1.82, 2.24) is 19.7 Å². The quantitative estimate of drug-likeness (QED) is 0.156. The Morgan fingerprint density at radius 3 is 2.47 bits per heavy atom. The topological polar surface area (TPSA) is 147 Å². The molecule has 0 aliphatic carbocycles. The van der Waals surface area contributed by atoms with Crippen molar-refractivity contribution in [2.24, 2.45) is 5.92 Å². The molecule has 0 spiro atoms. The predicted octanol–water partition coefficient (Wildman–Crippen LogP) is 2.97. The van der Waals surface area contributed by atoms with Gasteiger partial charge in [0.25, 0.3) is 5.91 Å². The molecule has 45 heavy (non-hydrogen) atoms. The summed E-state index contributed by atoms with van der Waals surface area (Å²) in [6.07, 6.45) is 8.48. The Balaban J connectivity index is 0.00000148. The number of likely N-dealkylation sites (tertiary alicyclic amines) is 1. The van der Waals surface area contributed by atoms with Crippen molar-refractivity contribution in [2.75, 3.05) is 52.8 Å². The number of carbonyl (C=O) groups is 3. The summed E-state index contributed by atoms with van der Waals surface area (Å²) in [7, 11) is 5.20. The molecule has 4 aromatic rings. The lowest BCUT2D eigenvalue weighted by molar-refractivity contribution is -0.908. The van der Waals surface area contributed by atoms with Crippen LogP contribution < -0.4 is 20.5 Å². The number of quaternary nitrogens is 1. The monoisotopic (exact) mass is 616 g/mol. The number of carbonyl (C=O) groups excluding carboxylic acids is 3. The first-order valence-electron chi connectivity index (χ1n) is 14.8. The van der Waals surface area contributed by atoms with Crippen LogP contribution >= 0.6 is 0 Å². The van der Waals surface area contributed by atoms with Crippen LogP contribution in [0.1, 0.15) is 35.2 Å². The van der Waals surface area contributed by atoms with E-state index in [4.69, 9.17) is 19.4 Å². The maximum Gasteiger partial charge on any atom is 0.361 e. The van der Waals surface area contributed by atoms with Gasteiger partial charge in [-0.15, -0.1) is 0 Å². The third kappa shape index (κ3) is 8.36. The molecule has 12 nitrogen and oxygen atoms in total. The predicted molar refractivity (Wildman–Crippen MR) is 168 cm³/mol. The molecule has 0 bridgehead atoms. The number of aromatic nitrogens is 3. The lowest BCUT2D eigenvalue weighted by Gasteiger charge is -2.39. The van der Waals surface area contributed by atoms with E-state index in [9.17, 15) is 9.59 Å². The molecule has 0 unspecified atom stereocenters. The minimum absolute atomic E-state index is 0.0706. The molecule has 12 heteroatoms. The van der Waals surface area contributed by atoms with Gasteiger partial charge >= 0.3 is 5.97 Å². The lowest BCUT2D eigenvalue weighted by atomic mass is 9.92. The van der Waals surface area contributed by atoms with Crippen LogP contribution in [0.4, 0.5) is 11.5 Å². The number of benzene rings is 2. The second kappa shape index (κ2) is 15.2. The van der Waals surface area contributed by atoms with E-state index in [0.717, 1.165) is 65.1 Å². The fourth-order valence-corrected chi connectivity index (χ4v) is 5.67. The number of esters is 1. The largest absolute Gasteiger partial charge is 0.554 e. The Kier molecular flexibility index (Phi) is 11.1. The Bertz CT molecular complexity index is 1610. The van der Waals surface area contributed by atoms with Crippen molar-refractivity contribution in [2.45, 2.75) is 26.2 Å². The fraction of sp³-hybridized carbons (Fsp3) is 0.364. The Morgan fingerprint density at radius 2 is 1.82 bits per heavy atom. The minimum Gasteiger partial charge on any atom is -0.554 e. The van der Waals surface area contributed by atoms with Gasteiger partial charge in [0, 0.05) is 42.2 Å². The van der Waals surface area contributed by atoms with E-state index in [1.807, 2.05) is 66.2 Å². The van der Waals surface area contributed by atoms with E-state index in [1.54, 1.807) is 13.3 Å². The number of hydrogen-bond acceptors (Lipinski definition) is 9. The van der Waals surface area contributed by atoms with Crippen LogP contribution in [0, 0.1) is 12.8 Å². The molecule has 2 aromatic carbocycles. The van der Waals surface area contributed by atoms with Crippen LogP contribution in [0.15, 0.2) is 61.1 Å². The van der Waals surface area contributed by atoms with Gasteiger partial charge in [-0.1, -0.05) is 0 Å². The number of carboxylic acid groups (broad SMARTS) is 1. The van der Waals surface area contributed by atoms with E-state index in [2.05, 4.69) is 27.6 Å². The maximum atomic E-state index is 13.0. The molecule has 1 amide bonds. The molecule has 2 aromatic heterocycles. The third-order valence-electron chi connectivity index (χ3n) is 8.28. The molecule has 0 radical (unpaired) electrons. The van der Waals surface area contributed by atoms with E-state index < -0.39 is 6.47 Å². The molecule has 1 aliphatic heterocycles. The average Bonchev–Trinajstić information content (AvgIpc) is 3.48. The van der Waals surface area contributed by atoms with Crippen LogP contribution in [0.3, 0.4) is 0 Å². The number of imidazole rings is 1. The highest BCUT2D eigenvalue weighted by Gasteiger charge is 2.32. The van der Waals surface area contributed by atoms with E-state index >= 15 is 0 Å². The second-order valence-electron chi connectivity index (χ2n) is 11.4. The zero-order chi connectivity index (χ0) is 32.4. The van der Waals surface area contributed by atoms with E-state index in [0.29, 0.717) is 36.0 Å². The zero-order valence-corrected chi connectivity index (χ0v) is 26.1. The molecule has 2 N–H and O–H groups in total. The molecule has 0 atom stereocenters. The highest BCUT2D eigenvalue weighted by molar-refractivity contribution is 5.96. The fourth-order valence-electron chi connectivity index (χ4n) is 5.67. The molecule has 3 heterocycles. The van der Waals surface area contributed by atoms with Crippen LogP contribution in [0.5, 0.6) is 5.75 Å². The first-order valence-corrected chi connectivity index (χ1v) is 14.8. The highest BCUT2D eigenvalue weighted by Crippen LogP contribution is 2.28. The number of anilines is 2. The average molecular weight is 617 g/mol. The molecule has 1 fully saturated rings. The van der Waals surface area contributed by atoms with Crippen molar-refractivity contribution in [1.29, 1.82) is 0 Å². The normalized spacial score (nSPS) is 17.5.